The van der Waals surface area contributed by atoms with Crippen LogP contribution in [-0.2, 0) is 4.74 Å². The highest BCUT2D eigenvalue weighted by molar-refractivity contribution is 5.95. The van der Waals surface area contributed by atoms with Crippen molar-refractivity contribution in [1.29, 1.82) is 0 Å². The van der Waals surface area contributed by atoms with Gasteiger partial charge in [-0.25, -0.2) is 4.79 Å². The second-order valence-electron chi connectivity index (χ2n) is 4.48. The number of phenolic OH excluding ortho intramolecular Hbond substituents is 2. The third-order valence-electron chi connectivity index (χ3n) is 3.33. The summed E-state index contributed by atoms with van der Waals surface area (Å²) in [5.41, 5.74) is 1.91. The van der Waals surface area contributed by atoms with Crippen molar-refractivity contribution < 1.29 is 19.7 Å². The van der Waals surface area contributed by atoms with Crippen LogP contribution in [0, 0.1) is 0 Å². The number of phenols is 2. The van der Waals surface area contributed by atoms with Gasteiger partial charge < -0.3 is 14.9 Å². The molecule has 0 amide bonds. The van der Waals surface area contributed by atoms with Gasteiger partial charge in [0.2, 0.25) is 0 Å². The molecule has 2 aromatic carbocycles. The third-order valence-corrected chi connectivity index (χ3v) is 3.33. The summed E-state index contributed by atoms with van der Waals surface area (Å²) in [7, 11) is 0. The number of carbonyl (C=O) groups excluding carboxylic acids is 1. The molecule has 0 radical (unpaired) electrons. The van der Waals surface area contributed by atoms with Crippen LogP contribution in [0.5, 0.6) is 11.5 Å². The first-order chi connectivity index (χ1) is 9.16. The van der Waals surface area contributed by atoms with Crippen molar-refractivity contribution in [2.45, 2.75) is 5.92 Å². The number of hydrogen-bond acceptors (Lipinski definition) is 4. The molecule has 96 valence electrons. The average Bonchev–Trinajstić information content (AvgIpc) is 2.41. The summed E-state index contributed by atoms with van der Waals surface area (Å²) in [5, 5.41) is 19.1. The molecule has 0 saturated carbocycles. The molecule has 2 aromatic rings. The second kappa shape index (κ2) is 4.31. The van der Waals surface area contributed by atoms with E-state index in [0.29, 0.717) is 0 Å². The quantitative estimate of drug-likeness (QED) is 0.769. The fourth-order valence-corrected chi connectivity index (χ4v) is 2.37. The normalized spacial score (nSPS) is 17.7. The van der Waals surface area contributed by atoms with Crippen LogP contribution in [-0.4, -0.2) is 22.8 Å². The monoisotopic (exact) mass is 256 g/mol. The molecule has 1 atom stereocenters. The smallest absolute Gasteiger partial charge is 0.342 e. The van der Waals surface area contributed by atoms with Crippen molar-refractivity contribution in [3.05, 3.63) is 59.2 Å². The van der Waals surface area contributed by atoms with E-state index in [2.05, 4.69) is 0 Å². The highest BCUT2D eigenvalue weighted by Crippen LogP contribution is 2.36. The van der Waals surface area contributed by atoms with Crippen LogP contribution in [0.3, 0.4) is 0 Å². The third kappa shape index (κ3) is 1.91. The number of fused-ring (bicyclic) bond motifs is 1. The molecule has 0 aliphatic carbocycles. The van der Waals surface area contributed by atoms with Crippen molar-refractivity contribution in [3.63, 3.8) is 0 Å². The van der Waals surface area contributed by atoms with Crippen molar-refractivity contribution in [3.8, 4) is 11.5 Å². The molecular weight excluding hydrogens is 244 g/mol. The van der Waals surface area contributed by atoms with Crippen LogP contribution in [0.15, 0.2) is 42.5 Å². The standard InChI is InChI=1S/C15H12O4/c16-10-6-4-9(5-7-10)12-8-19-15(18)14-11(12)2-1-3-13(14)17/h1-7,12,16-17H,8H2. The van der Waals surface area contributed by atoms with E-state index >= 15 is 0 Å². The first kappa shape index (κ1) is 11.6. The summed E-state index contributed by atoms with van der Waals surface area (Å²) in [4.78, 5) is 11.7. The van der Waals surface area contributed by atoms with E-state index in [1.54, 1.807) is 30.3 Å². The van der Waals surface area contributed by atoms with Crippen molar-refractivity contribution >= 4 is 5.97 Å². The Kier molecular flexibility index (Phi) is 2.63. The highest BCUT2D eigenvalue weighted by atomic mass is 16.5. The maximum absolute atomic E-state index is 11.7. The zero-order valence-electron chi connectivity index (χ0n) is 10.0. The number of aromatic hydroxyl groups is 2. The molecule has 4 heteroatoms. The summed E-state index contributed by atoms with van der Waals surface area (Å²) in [5.74, 6) is -0.498. The predicted octanol–water partition coefficient (Wildman–Crippen LogP) is 2.40. The van der Waals surface area contributed by atoms with Gasteiger partial charge in [0.15, 0.2) is 0 Å². The Morgan fingerprint density at radius 2 is 1.79 bits per heavy atom. The first-order valence-corrected chi connectivity index (χ1v) is 5.95. The van der Waals surface area contributed by atoms with E-state index in [4.69, 9.17) is 4.74 Å². The highest BCUT2D eigenvalue weighted by Gasteiger charge is 2.30. The molecule has 2 N–H and O–H groups in total. The Labute approximate surface area is 109 Å². The number of cyclic esters (lactones) is 1. The number of benzene rings is 2. The molecule has 3 rings (SSSR count). The topological polar surface area (TPSA) is 66.8 Å². The van der Waals surface area contributed by atoms with Gasteiger partial charge in [0.25, 0.3) is 0 Å². The average molecular weight is 256 g/mol. The van der Waals surface area contributed by atoms with E-state index in [-0.39, 0.29) is 29.6 Å². The van der Waals surface area contributed by atoms with Crippen molar-refractivity contribution in [2.75, 3.05) is 6.61 Å². The Morgan fingerprint density at radius 1 is 1.05 bits per heavy atom. The summed E-state index contributed by atoms with van der Waals surface area (Å²) in [6.07, 6.45) is 0. The predicted molar refractivity (Wildman–Crippen MR) is 68.3 cm³/mol. The number of esters is 1. The van der Waals surface area contributed by atoms with Crippen LogP contribution in [0.2, 0.25) is 0 Å². The minimum Gasteiger partial charge on any atom is -0.508 e. The number of hydrogen-bond donors (Lipinski definition) is 2. The summed E-state index contributed by atoms with van der Waals surface area (Å²) < 4.78 is 5.12. The van der Waals surface area contributed by atoms with Gasteiger partial charge in [-0.05, 0) is 29.3 Å². The van der Waals surface area contributed by atoms with E-state index in [0.717, 1.165) is 11.1 Å². The molecule has 1 aliphatic rings. The molecule has 0 fully saturated rings. The van der Waals surface area contributed by atoms with Gasteiger partial charge in [0.05, 0.1) is 0 Å². The first-order valence-electron chi connectivity index (χ1n) is 5.95. The summed E-state index contributed by atoms with van der Waals surface area (Å²) in [6, 6.07) is 11.7. The minimum atomic E-state index is -0.497. The Morgan fingerprint density at radius 3 is 2.53 bits per heavy atom. The lowest BCUT2D eigenvalue weighted by molar-refractivity contribution is 0.0454. The van der Waals surface area contributed by atoms with Crippen LogP contribution in [0.4, 0.5) is 0 Å². The summed E-state index contributed by atoms with van der Waals surface area (Å²) >= 11 is 0. The Hall–Kier alpha value is -2.49. The van der Waals surface area contributed by atoms with Crippen LogP contribution < -0.4 is 0 Å². The van der Waals surface area contributed by atoms with Gasteiger partial charge in [-0.15, -0.1) is 0 Å². The number of ether oxygens (including phenoxy) is 1. The van der Waals surface area contributed by atoms with E-state index in [1.165, 1.54) is 6.07 Å². The molecule has 1 unspecified atom stereocenters. The van der Waals surface area contributed by atoms with Gasteiger partial charge in [0, 0.05) is 5.92 Å². The molecule has 0 spiro atoms. The molecule has 1 aliphatic heterocycles. The van der Waals surface area contributed by atoms with Crippen LogP contribution in [0.25, 0.3) is 0 Å². The maximum Gasteiger partial charge on any atom is 0.342 e. The molecule has 19 heavy (non-hydrogen) atoms. The molecule has 0 bridgehead atoms. The van der Waals surface area contributed by atoms with Gasteiger partial charge in [-0.3, -0.25) is 0 Å². The number of rotatable bonds is 1. The van der Waals surface area contributed by atoms with Crippen molar-refractivity contribution in [1.82, 2.24) is 0 Å². The van der Waals surface area contributed by atoms with E-state index in [1.807, 2.05) is 6.07 Å². The maximum atomic E-state index is 11.7. The molecule has 4 nitrogen and oxygen atoms in total. The Bertz CT molecular complexity index is 631. The SMILES string of the molecule is O=C1OCC(c2ccc(O)cc2)c2cccc(O)c21. The van der Waals surface area contributed by atoms with E-state index < -0.39 is 5.97 Å². The van der Waals surface area contributed by atoms with Crippen molar-refractivity contribution in [2.24, 2.45) is 0 Å². The molecular formula is C15H12O4. The zero-order chi connectivity index (χ0) is 13.4. The minimum absolute atomic E-state index is 0.0639. The fourth-order valence-electron chi connectivity index (χ4n) is 2.37. The lowest BCUT2D eigenvalue weighted by Gasteiger charge is -2.25. The molecule has 0 saturated heterocycles. The lowest BCUT2D eigenvalue weighted by atomic mass is 9.86. The zero-order valence-corrected chi connectivity index (χ0v) is 10.0. The van der Waals surface area contributed by atoms with Crippen LogP contribution in [0.1, 0.15) is 27.4 Å². The van der Waals surface area contributed by atoms with Gasteiger partial charge in [-0.1, -0.05) is 24.3 Å². The summed E-state index contributed by atoms with van der Waals surface area (Å²) in [6.45, 7) is 0.236. The van der Waals surface area contributed by atoms with Crippen LogP contribution >= 0.6 is 0 Å². The largest absolute Gasteiger partial charge is 0.508 e. The van der Waals surface area contributed by atoms with Gasteiger partial charge >= 0.3 is 5.97 Å². The fraction of sp³-hybridized carbons (Fsp3) is 0.133. The molecule has 1 heterocycles. The number of carbonyl (C=O) groups is 1. The lowest BCUT2D eigenvalue weighted by Crippen LogP contribution is -2.23. The van der Waals surface area contributed by atoms with E-state index in [9.17, 15) is 15.0 Å². The van der Waals surface area contributed by atoms with Gasteiger partial charge in [-0.2, -0.15) is 0 Å². The molecule has 0 aromatic heterocycles. The second-order valence-corrected chi connectivity index (χ2v) is 4.48. The van der Waals surface area contributed by atoms with Gasteiger partial charge in [0.1, 0.15) is 23.7 Å². The Balaban J connectivity index is 2.11.